The van der Waals surface area contributed by atoms with Crippen molar-refractivity contribution in [2.45, 2.75) is 26.7 Å². The molecule has 1 nitrogen and oxygen atoms in total. The molecule has 0 atom stereocenters. The van der Waals surface area contributed by atoms with Crippen LogP contribution in [-0.4, -0.2) is 5.71 Å². The van der Waals surface area contributed by atoms with E-state index in [0.717, 1.165) is 18.6 Å². The summed E-state index contributed by atoms with van der Waals surface area (Å²) in [7, 11) is 0. The maximum atomic E-state index is 4.17. The largest absolute Gasteiger partial charge is 0.262 e. The second-order valence-corrected chi connectivity index (χ2v) is 2.98. The summed E-state index contributed by atoms with van der Waals surface area (Å²) < 4.78 is 0. The maximum absolute atomic E-state index is 4.17. The highest BCUT2D eigenvalue weighted by molar-refractivity contribution is 6.02. The first-order valence-electron chi connectivity index (χ1n) is 4.28. The third-order valence-electron chi connectivity index (χ3n) is 2.07. The van der Waals surface area contributed by atoms with Gasteiger partial charge in [-0.3, -0.25) is 4.99 Å². The molecule has 0 aromatic heterocycles. The summed E-state index contributed by atoms with van der Waals surface area (Å²) in [6.45, 7) is 7.74. The first-order chi connectivity index (χ1) is 5.75. The highest BCUT2D eigenvalue weighted by atomic mass is 14.7. The topological polar surface area (TPSA) is 12.4 Å². The van der Waals surface area contributed by atoms with Gasteiger partial charge in [0.15, 0.2) is 0 Å². The van der Waals surface area contributed by atoms with E-state index in [0.29, 0.717) is 0 Å². The normalized spacial score (nSPS) is 18.3. The summed E-state index contributed by atoms with van der Waals surface area (Å²) in [6.07, 6.45) is 8.40. The summed E-state index contributed by atoms with van der Waals surface area (Å²) in [5, 5.41) is 0. The number of hydrogen-bond donors (Lipinski definition) is 0. The second-order valence-electron chi connectivity index (χ2n) is 2.98. The molecule has 64 valence electrons. The molecule has 1 aliphatic carbocycles. The fourth-order valence-corrected chi connectivity index (χ4v) is 1.44. The van der Waals surface area contributed by atoms with Crippen LogP contribution in [0.25, 0.3) is 0 Å². The third kappa shape index (κ3) is 1.94. The Kier molecular flexibility index (Phi) is 3.03. The Bertz CT molecular complexity index is 267. The summed E-state index contributed by atoms with van der Waals surface area (Å²) in [6, 6.07) is 0. The molecule has 1 rings (SSSR count). The van der Waals surface area contributed by atoms with Crippen LogP contribution in [0.15, 0.2) is 41.1 Å². The van der Waals surface area contributed by atoms with Crippen LogP contribution in [0.4, 0.5) is 0 Å². The molecule has 12 heavy (non-hydrogen) atoms. The van der Waals surface area contributed by atoms with Gasteiger partial charge in [-0.15, -0.1) is 0 Å². The van der Waals surface area contributed by atoms with Gasteiger partial charge in [0.25, 0.3) is 0 Å². The first kappa shape index (κ1) is 8.98. The minimum absolute atomic E-state index is 1.07. The van der Waals surface area contributed by atoms with Gasteiger partial charge in [0.2, 0.25) is 0 Å². The number of aliphatic imine (C=N–C) groups is 1. The monoisotopic (exact) mass is 161 g/mol. The van der Waals surface area contributed by atoms with Crippen LogP contribution in [0.2, 0.25) is 0 Å². The maximum Gasteiger partial charge on any atom is 0.0443 e. The Hall–Kier alpha value is -1.11. The van der Waals surface area contributed by atoms with Crippen LogP contribution in [0.1, 0.15) is 26.7 Å². The lowest BCUT2D eigenvalue weighted by atomic mass is 9.96. The fraction of sp³-hybridized carbons (Fsp3) is 0.364. The minimum Gasteiger partial charge on any atom is -0.262 e. The fourth-order valence-electron chi connectivity index (χ4n) is 1.44. The molecule has 0 saturated carbocycles. The molecule has 1 aliphatic rings. The smallest absolute Gasteiger partial charge is 0.0443 e. The molecule has 0 aromatic carbocycles. The summed E-state index contributed by atoms with van der Waals surface area (Å²) in [5.41, 5.74) is 3.68. The lowest BCUT2D eigenvalue weighted by Crippen LogP contribution is -2.01. The number of nitrogens with zero attached hydrogens (tertiary/aromatic N) is 1. The predicted molar refractivity (Wildman–Crippen MR) is 54.4 cm³/mol. The summed E-state index contributed by atoms with van der Waals surface area (Å²) in [4.78, 5) is 4.17. The summed E-state index contributed by atoms with van der Waals surface area (Å²) in [5.74, 6) is 0. The lowest BCUT2D eigenvalue weighted by molar-refractivity contribution is 1.00. The number of hydrogen-bond acceptors (Lipinski definition) is 1. The van der Waals surface area contributed by atoms with E-state index >= 15 is 0 Å². The van der Waals surface area contributed by atoms with Crippen LogP contribution in [0.5, 0.6) is 0 Å². The number of rotatable bonds is 2. The van der Waals surface area contributed by atoms with E-state index in [1.807, 2.05) is 6.92 Å². The molecule has 0 bridgehead atoms. The van der Waals surface area contributed by atoms with Gasteiger partial charge >= 0.3 is 0 Å². The molecule has 0 N–H and O–H groups in total. The van der Waals surface area contributed by atoms with Crippen LogP contribution in [0.3, 0.4) is 0 Å². The van der Waals surface area contributed by atoms with E-state index in [4.69, 9.17) is 0 Å². The zero-order valence-electron chi connectivity index (χ0n) is 7.80. The van der Waals surface area contributed by atoms with E-state index in [-0.39, 0.29) is 0 Å². The van der Waals surface area contributed by atoms with E-state index in [9.17, 15) is 0 Å². The van der Waals surface area contributed by atoms with Gasteiger partial charge in [0, 0.05) is 11.9 Å². The van der Waals surface area contributed by atoms with Crippen molar-refractivity contribution in [3.63, 3.8) is 0 Å². The van der Waals surface area contributed by atoms with Gasteiger partial charge in [0.05, 0.1) is 0 Å². The Balaban J connectivity index is 2.87. The van der Waals surface area contributed by atoms with E-state index in [1.54, 1.807) is 6.20 Å². The lowest BCUT2D eigenvalue weighted by Gasteiger charge is -2.11. The molecular weight excluding hydrogens is 146 g/mol. The molecule has 0 heterocycles. The van der Waals surface area contributed by atoms with E-state index < -0.39 is 0 Å². The van der Waals surface area contributed by atoms with Crippen molar-refractivity contribution in [2.75, 3.05) is 0 Å². The molecule has 0 radical (unpaired) electrons. The number of allylic oxidation sites excluding steroid dienone is 4. The Morgan fingerprint density at radius 3 is 2.75 bits per heavy atom. The molecule has 0 unspecified atom stereocenters. The Labute approximate surface area is 74.2 Å². The third-order valence-corrected chi connectivity index (χ3v) is 2.07. The SMILES string of the molecule is C=CN=C(C)C1=CCCC=C1C. The van der Waals surface area contributed by atoms with Crippen molar-refractivity contribution in [3.8, 4) is 0 Å². The van der Waals surface area contributed by atoms with Crippen molar-refractivity contribution >= 4 is 5.71 Å². The van der Waals surface area contributed by atoms with Gasteiger partial charge in [0.1, 0.15) is 0 Å². The van der Waals surface area contributed by atoms with Crippen molar-refractivity contribution in [3.05, 3.63) is 36.1 Å². The molecule has 1 heteroatoms. The van der Waals surface area contributed by atoms with Gasteiger partial charge in [-0.1, -0.05) is 18.7 Å². The zero-order valence-corrected chi connectivity index (χ0v) is 7.80. The van der Waals surface area contributed by atoms with Crippen LogP contribution in [-0.2, 0) is 0 Å². The van der Waals surface area contributed by atoms with Crippen LogP contribution in [0, 0.1) is 0 Å². The van der Waals surface area contributed by atoms with E-state index in [1.165, 1.54) is 11.1 Å². The molecule has 0 saturated heterocycles. The Morgan fingerprint density at radius 2 is 2.17 bits per heavy atom. The van der Waals surface area contributed by atoms with Gasteiger partial charge in [-0.25, -0.2) is 0 Å². The van der Waals surface area contributed by atoms with Crippen LogP contribution >= 0.6 is 0 Å². The molecule has 0 aliphatic heterocycles. The van der Waals surface area contributed by atoms with Crippen molar-refractivity contribution in [1.29, 1.82) is 0 Å². The van der Waals surface area contributed by atoms with Gasteiger partial charge in [-0.2, -0.15) is 0 Å². The molecular formula is C11H15N. The van der Waals surface area contributed by atoms with Gasteiger partial charge in [-0.05, 0) is 37.8 Å². The summed E-state index contributed by atoms with van der Waals surface area (Å²) >= 11 is 0. The average Bonchev–Trinajstić information content (AvgIpc) is 2.05. The standard InChI is InChI=1S/C11H15N/c1-4-12-10(3)11-8-6-5-7-9(11)2/h4,7-8H,1,5-6H2,2-3H3. The van der Waals surface area contributed by atoms with Crippen LogP contribution < -0.4 is 0 Å². The van der Waals surface area contributed by atoms with Crippen molar-refractivity contribution in [2.24, 2.45) is 4.99 Å². The zero-order chi connectivity index (χ0) is 8.97. The van der Waals surface area contributed by atoms with Crippen molar-refractivity contribution in [1.82, 2.24) is 0 Å². The predicted octanol–water partition coefficient (Wildman–Crippen LogP) is 3.26. The molecule has 0 amide bonds. The minimum atomic E-state index is 1.07. The molecule has 0 fully saturated rings. The van der Waals surface area contributed by atoms with Gasteiger partial charge < -0.3 is 0 Å². The highest BCUT2D eigenvalue weighted by Gasteiger charge is 2.06. The molecule has 0 aromatic rings. The second kappa shape index (κ2) is 4.05. The molecule has 0 spiro atoms. The highest BCUT2D eigenvalue weighted by Crippen LogP contribution is 2.19. The van der Waals surface area contributed by atoms with Crippen molar-refractivity contribution < 1.29 is 0 Å². The first-order valence-corrected chi connectivity index (χ1v) is 4.28. The average molecular weight is 161 g/mol. The quantitative estimate of drug-likeness (QED) is 0.551. The van der Waals surface area contributed by atoms with E-state index in [2.05, 4.69) is 30.6 Å². The Morgan fingerprint density at radius 1 is 1.50 bits per heavy atom.